The standard InChI is InChI=1S/C16H13F2N/c1-9-3-11-7-16(19-15(11)4-10(9)2)12-5-13(17)8-14(18)6-12/h3-8,19H,1-2H3. The largest absolute Gasteiger partial charge is 0.355 e. The van der Waals surface area contributed by atoms with Crippen molar-refractivity contribution in [3.05, 3.63) is 59.2 Å². The second kappa shape index (κ2) is 4.19. The first-order valence-corrected chi connectivity index (χ1v) is 6.09. The summed E-state index contributed by atoms with van der Waals surface area (Å²) in [7, 11) is 0. The quantitative estimate of drug-likeness (QED) is 0.648. The van der Waals surface area contributed by atoms with Gasteiger partial charge in [0.25, 0.3) is 0 Å². The summed E-state index contributed by atoms with van der Waals surface area (Å²) in [6.07, 6.45) is 0. The fraction of sp³-hybridized carbons (Fsp3) is 0.125. The highest BCUT2D eigenvalue weighted by Gasteiger charge is 2.07. The molecule has 1 aromatic heterocycles. The second-order valence-corrected chi connectivity index (χ2v) is 4.86. The molecular formula is C16H13F2N. The van der Waals surface area contributed by atoms with E-state index in [0.29, 0.717) is 5.56 Å². The van der Waals surface area contributed by atoms with Gasteiger partial charge in [0.2, 0.25) is 0 Å². The number of nitrogens with one attached hydrogen (secondary N) is 1. The Morgan fingerprint density at radius 3 is 2.11 bits per heavy atom. The third-order valence-electron chi connectivity index (χ3n) is 3.41. The summed E-state index contributed by atoms with van der Waals surface area (Å²) < 4.78 is 26.5. The zero-order valence-electron chi connectivity index (χ0n) is 10.7. The molecule has 96 valence electrons. The van der Waals surface area contributed by atoms with Crippen LogP contribution >= 0.6 is 0 Å². The zero-order chi connectivity index (χ0) is 13.6. The maximum atomic E-state index is 13.2. The fourth-order valence-corrected chi connectivity index (χ4v) is 2.27. The van der Waals surface area contributed by atoms with Gasteiger partial charge in [-0.25, -0.2) is 8.78 Å². The van der Waals surface area contributed by atoms with Crippen LogP contribution in [0, 0.1) is 25.5 Å². The van der Waals surface area contributed by atoms with Crippen molar-refractivity contribution >= 4 is 10.9 Å². The molecule has 0 spiro atoms. The van der Waals surface area contributed by atoms with Crippen LogP contribution in [0.5, 0.6) is 0 Å². The number of rotatable bonds is 1. The van der Waals surface area contributed by atoms with Crippen molar-refractivity contribution in [2.24, 2.45) is 0 Å². The number of hydrogen-bond donors (Lipinski definition) is 1. The van der Waals surface area contributed by atoms with Gasteiger partial charge in [0.05, 0.1) is 0 Å². The molecule has 0 aliphatic carbocycles. The molecule has 0 bridgehead atoms. The monoisotopic (exact) mass is 257 g/mol. The molecule has 0 unspecified atom stereocenters. The van der Waals surface area contributed by atoms with Gasteiger partial charge in [0.15, 0.2) is 0 Å². The smallest absolute Gasteiger partial charge is 0.126 e. The van der Waals surface area contributed by atoms with E-state index in [2.05, 4.69) is 11.1 Å². The normalized spacial score (nSPS) is 11.2. The number of halogens is 2. The van der Waals surface area contributed by atoms with E-state index >= 15 is 0 Å². The molecule has 3 rings (SSSR count). The topological polar surface area (TPSA) is 15.8 Å². The summed E-state index contributed by atoms with van der Waals surface area (Å²) in [6.45, 7) is 4.08. The maximum Gasteiger partial charge on any atom is 0.126 e. The lowest BCUT2D eigenvalue weighted by Gasteiger charge is -1.99. The van der Waals surface area contributed by atoms with Crippen molar-refractivity contribution < 1.29 is 8.78 Å². The number of H-pyrrole nitrogens is 1. The lowest BCUT2D eigenvalue weighted by atomic mass is 10.1. The summed E-state index contributed by atoms with van der Waals surface area (Å²) in [5.74, 6) is -1.14. The maximum absolute atomic E-state index is 13.2. The third kappa shape index (κ3) is 2.12. The van der Waals surface area contributed by atoms with Gasteiger partial charge in [-0.15, -0.1) is 0 Å². The summed E-state index contributed by atoms with van der Waals surface area (Å²) in [5, 5.41) is 1.04. The van der Waals surface area contributed by atoms with Gasteiger partial charge in [0, 0.05) is 28.2 Å². The molecule has 2 aromatic carbocycles. The van der Waals surface area contributed by atoms with Crippen LogP contribution in [-0.2, 0) is 0 Å². The first-order chi connectivity index (χ1) is 9.02. The van der Waals surface area contributed by atoms with Gasteiger partial charge in [-0.05, 0) is 55.3 Å². The predicted octanol–water partition coefficient (Wildman–Crippen LogP) is 4.73. The van der Waals surface area contributed by atoms with Crippen molar-refractivity contribution in [1.82, 2.24) is 4.98 Å². The number of hydrogen-bond acceptors (Lipinski definition) is 0. The first kappa shape index (κ1) is 11.9. The Morgan fingerprint density at radius 1 is 0.789 bits per heavy atom. The van der Waals surface area contributed by atoms with Crippen molar-refractivity contribution in [3.63, 3.8) is 0 Å². The predicted molar refractivity (Wildman–Crippen MR) is 73.1 cm³/mol. The summed E-state index contributed by atoms with van der Waals surface area (Å²) in [6, 6.07) is 9.56. The summed E-state index contributed by atoms with van der Waals surface area (Å²) in [5.41, 5.74) is 4.60. The van der Waals surface area contributed by atoms with E-state index in [0.717, 1.165) is 22.7 Å². The van der Waals surface area contributed by atoms with Gasteiger partial charge in [-0.1, -0.05) is 0 Å². The Morgan fingerprint density at radius 2 is 1.42 bits per heavy atom. The first-order valence-electron chi connectivity index (χ1n) is 6.09. The average molecular weight is 257 g/mol. The number of fused-ring (bicyclic) bond motifs is 1. The molecular weight excluding hydrogens is 244 g/mol. The molecule has 0 saturated carbocycles. The minimum Gasteiger partial charge on any atom is -0.355 e. The fourth-order valence-electron chi connectivity index (χ4n) is 2.27. The third-order valence-corrected chi connectivity index (χ3v) is 3.41. The van der Waals surface area contributed by atoms with Crippen LogP contribution in [0.15, 0.2) is 36.4 Å². The van der Waals surface area contributed by atoms with Crippen LogP contribution in [-0.4, -0.2) is 4.98 Å². The molecule has 0 radical (unpaired) electrons. The van der Waals surface area contributed by atoms with E-state index in [4.69, 9.17) is 0 Å². The Bertz CT molecular complexity index is 713. The number of aromatic nitrogens is 1. The minimum absolute atomic E-state index is 0.518. The molecule has 0 atom stereocenters. The molecule has 0 saturated heterocycles. The lowest BCUT2D eigenvalue weighted by Crippen LogP contribution is -1.83. The van der Waals surface area contributed by atoms with Crippen LogP contribution in [0.3, 0.4) is 0 Å². The van der Waals surface area contributed by atoms with Gasteiger partial charge in [-0.2, -0.15) is 0 Å². The van der Waals surface area contributed by atoms with Crippen molar-refractivity contribution in [2.45, 2.75) is 13.8 Å². The minimum atomic E-state index is -0.569. The highest BCUT2D eigenvalue weighted by Crippen LogP contribution is 2.27. The Kier molecular flexibility index (Phi) is 2.63. The molecule has 3 heteroatoms. The van der Waals surface area contributed by atoms with E-state index in [9.17, 15) is 8.78 Å². The van der Waals surface area contributed by atoms with Crippen LogP contribution in [0.4, 0.5) is 8.78 Å². The zero-order valence-corrected chi connectivity index (χ0v) is 10.7. The molecule has 3 aromatic rings. The van der Waals surface area contributed by atoms with E-state index in [1.807, 2.05) is 26.0 Å². The van der Waals surface area contributed by atoms with Crippen molar-refractivity contribution in [3.8, 4) is 11.3 Å². The summed E-state index contributed by atoms with van der Waals surface area (Å²) in [4.78, 5) is 3.20. The highest BCUT2D eigenvalue weighted by atomic mass is 19.1. The van der Waals surface area contributed by atoms with Gasteiger partial charge in [0.1, 0.15) is 11.6 Å². The molecule has 0 aliphatic rings. The molecule has 1 N–H and O–H groups in total. The van der Waals surface area contributed by atoms with Crippen LogP contribution < -0.4 is 0 Å². The van der Waals surface area contributed by atoms with Crippen LogP contribution in [0.2, 0.25) is 0 Å². The Labute approximate surface area is 109 Å². The Hall–Kier alpha value is -2.16. The van der Waals surface area contributed by atoms with E-state index in [-0.39, 0.29) is 0 Å². The molecule has 1 nitrogen and oxygen atoms in total. The van der Waals surface area contributed by atoms with Crippen LogP contribution in [0.25, 0.3) is 22.2 Å². The highest BCUT2D eigenvalue weighted by molar-refractivity contribution is 5.87. The molecule has 19 heavy (non-hydrogen) atoms. The molecule has 0 amide bonds. The second-order valence-electron chi connectivity index (χ2n) is 4.86. The Balaban J connectivity index is 2.20. The SMILES string of the molecule is Cc1cc2cc(-c3cc(F)cc(F)c3)[nH]c2cc1C. The number of aryl methyl sites for hydroxylation is 2. The van der Waals surface area contributed by atoms with Crippen molar-refractivity contribution in [1.29, 1.82) is 0 Å². The number of aromatic amines is 1. The molecule has 0 fully saturated rings. The number of benzene rings is 2. The summed E-state index contributed by atoms with van der Waals surface area (Å²) >= 11 is 0. The van der Waals surface area contributed by atoms with Gasteiger partial charge < -0.3 is 4.98 Å². The lowest BCUT2D eigenvalue weighted by molar-refractivity contribution is 0.584. The van der Waals surface area contributed by atoms with Crippen molar-refractivity contribution in [2.75, 3.05) is 0 Å². The van der Waals surface area contributed by atoms with E-state index in [1.165, 1.54) is 23.3 Å². The average Bonchev–Trinajstić information content (AvgIpc) is 2.71. The molecule has 1 heterocycles. The van der Waals surface area contributed by atoms with Crippen LogP contribution in [0.1, 0.15) is 11.1 Å². The van der Waals surface area contributed by atoms with Gasteiger partial charge in [-0.3, -0.25) is 0 Å². The van der Waals surface area contributed by atoms with Gasteiger partial charge >= 0.3 is 0 Å². The molecule has 0 aliphatic heterocycles. The van der Waals surface area contributed by atoms with E-state index < -0.39 is 11.6 Å². The van der Waals surface area contributed by atoms with E-state index in [1.54, 1.807) is 0 Å².